The molecule has 0 aliphatic carbocycles. The molecule has 0 bridgehead atoms. The molecule has 0 aliphatic rings. The predicted octanol–water partition coefficient (Wildman–Crippen LogP) is -2.76. The Hall–Kier alpha value is -0.530. The van der Waals surface area contributed by atoms with Crippen molar-refractivity contribution >= 4 is 5.78 Å². The van der Waals surface area contributed by atoms with Crippen LogP contribution >= 0.6 is 0 Å². The summed E-state index contributed by atoms with van der Waals surface area (Å²) in [5, 5.41) is 33.5. The molecule has 12 heavy (non-hydrogen) atoms. The van der Waals surface area contributed by atoms with E-state index >= 15 is 0 Å². The predicted molar refractivity (Wildman–Crippen MR) is 37.1 cm³/mol. The second-order valence-corrected chi connectivity index (χ2v) is 2.19. The molecular formula is C6H12O6. The lowest BCUT2D eigenvalue weighted by molar-refractivity contribution is -0.150. The maximum Gasteiger partial charge on any atom is 0.215 e. The van der Waals surface area contributed by atoms with E-state index in [1.54, 1.807) is 0 Å². The van der Waals surface area contributed by atoms with Crippen LogP contribution in [0.2, 0.25) is 0 Å². The minimum atomic E-state index is -2.05. The van der Waals surface area contributed by atoms with E-state index in [1.807, 2.05) is 0 Å². The van der Waals surface area contributed by atoms with Gasteiger partial charge < -0.3 is 25.2 Å². The number of hydrogen-bond donors (Lipinski definition) is 4. The van der Waals surface area contributed by atoms with Crippen molar-refractivity contribution in [2.24, 2.45) is 0 Å². The van der Waals surface area contributed by atoms with Crippen LogP contribution in [-0.2, 0) is 9.53 Å². The highest BCUT2D eigenvalue weighted by molar-refractivity contribution is 5.82. The fraction of sp³-hybridized carbons (Fsp3) is 0.833. The van der Waals surface area contributed by atoms with Crippen LogP contribution in [0.25, 0.3) is 0 Å². The first-order chi connectivity index (χ1) is 5.57. The smallest absolute Gasteiger partial charge is 0.215 e. The highest BCUT2D eigenvalue weighted by Crippen LogP contribution is 1.86. The summed E-state index contributed by atoms with van der Waals surface area (Å²) in [7, 11) is 0. The fourth-order valence-corrected chi connectivity index (χ4v) is 0.423. The van der Waals surface area contributed by atoms with Crippen LogP contribution in [0.15, 0.2) is 0 Å². The number of ketones is 1. The summed E-state index contributed by atoms with van der Waals surface area (Å²) in [4.78, 5) is 10.4. The summed E-state index contributed by atoms with van der Waals surface area (Å²) in [6.07, 6.45) is -3.09. The van der Waals surface area contributed by atoms with Gasteiger partial charge in [0, 0.05) is 0 Å². The Labute approximate surface area is 69.0 Å². The molecule has 1 unspecified atom stereocenters. The maximum atomic E-state index is 10.4. The molecule has 6 nitrogen and oxygen atoms in total. The Balaban J connectivity index is 3.37. The maximum absolute atomic E-state index is 10.4. The van der Waals surface area contributed by atoms with E-state index in [4.69, 9.17) is 20.4 Å². The van der Waals surface area contributed by atoms with Crippen LogP contribution in [0, 0.1) is 0 Å². The number of rotatable bonds is 6. The number of hydrogen-bond acceptors (Lipinski definition) is 6. The molecule has 0 aromatic heterocycles. The molecule has 0 fully saturated rings. The zero-order valence-corrected chi connectivity index (χ0v) is 6.38. The van der Waals surface area contributed by atoms with Crippen molar-refractivity contribution in [1.82, 2.24) is 0 Å². The highest BCUT2D eigenvalue weighted by atomic mass is 16.5. The van der Waals surface area contributed by atoms with Gasteiger partial charge in [-0.15, -0.1) is 0 Å². The molecule has 0 amide bonds. The van der Waals surface area contributed by atoms with Crippen molar-refractivity contribution in [3.63, 3.8) is 0 Å². The lowest BCUT2D eigenvalue weighted by Gasteiger charge is -2.07. The number of carbonyl (C=O) groups excluding carboxylic acids is 1. The summed E-state index contributed by atoms with van der Waals surface area (Å²) in [6, 6.07) is 0. The van der Waals surface area contributed by atoms with Crippen LogP contribution in [0.1, 0.15) is 0 Å². The first kappa shape index (κ1) is 11.5. The normalized spacial score (nSPS) is 13.4. The zero-order valence-electron chi connectivity index (χ0n) is 6.38. The Kier molecular flexibility index (Phi) is 5.77. The zero-order chi connectivity index (χ0) is 9.56. The van der Waals surface area contributed by atoms with Gasteiger partial charge in [-0.1, -0.05) is 0 Å². The van der Waals surface area contributed by atoms with Crippen LogP contribution in [0.5, 0.6) is 0 Å². The first-order valence-electron chi connectivity index (χ1n) is 3.33. The first-order valence-corrected chi connectivity index (χ1v) is 3.33. The molecule has 0 aliphatic heterocycles. The number of carbonyl (C=O) groups is 1. The second kappa shape index (κ2) is 6.04. The third-order valence-corrected chi connectivity index (χ3v) is 1.05. The van der Waals surface area contributed by atoms with E-state index in [9.17, 15) is 4.79 Å². The number of aliphatic hydroxyl groups excluding tert-OH is 3. The number of Topliss-reactive ketones (excluding diaryl/α,β-unsaturated/α-hetero) is 1. The third kappa shape index (κ3) is 5.16. The molecule has 0 saturated heterocycles. The van der Waals surface area contributed by atoms with E-state index in [-0.39, 0.29) is 6.61 Å². The van der Waals surface area contributed by atoms with Gasteiger partial charge in [0.2, 0.25) is 12.1 Å². The van der Waals surface area contributed by atoms with E-state index < -0.39 is 31.4 Å². The van der Waals surface area contributed by atoms with Crippen molar-refractivity contribution in [3.8, 4) is 0 Å². The van der Waals surface area contributed by atoms with Crippen molar-refractivity contribution in [2.75, 3.05) is 19.8 Å². The van der Waals surface area contributed by atoms with Gasteiger partial charge in [0.1, 0.15) is 12.7 Å². The SMILES string of the molecule is O=C(COCC(O)CO)C(O)O. The van der Waals surface area contributed by atoms with Gasteiger partial charge in [-0.05, 0) is 0 Å². The lowest BCUT2D eigenvalue weighted by Crippen LogP contribution is -2.27. The molecular weight excluding hydrogens is 168 g/mol. The lowest BCUT2D eigenvalue weighted by atomic mass is 10.4. The molecule has 72 valence electrons. The Bertz CT molecular complexity index is 134. The minimum absolute atomic E-state index is 0.213. The van der Waals surface area contributed by atoms with E-state index in [0.717, 1.165) is 0 Å². The molecule has 0 spiro atoms. The van der Waals surface area contributed by atoms with Crippen molar-refractivity contribution in [1.29, 1.82) is 0 Å². The van der Waals surface area contributed by atoms with Crippen LogP contribution in [0.4, 0.5) is 0 Å². The van der Waals surface area contributed by atoms with Gasteiger partial charge >= 0.3 is 0 Å². The largest absolute Gasteiger partial charge is 0.394 e. The van der Waals surface area contributed by atoms with Gasteiger partial charge in [-0.2, -0.15) is 0 Å². The van der Waals surface area contributed by atoms with Gasteiger partial charge in [0.05, 0.1) is 13.2 Å². The van der Waals surface area contributed by atoms with Gasteiger partial charge in [0.25, 0.3) is 0 Å². The van der Waals surface area contributed by atoms with Gasteiger partial charge in [-0.25, -0.2) is 0 Å². The van der Waals surface area contributed by atoms with Crippen molar-refractivity contribution in [3.05, 3.63) is 0 Å². The molecule has 0 saturated carbocycles. The Morgan fingerprint density at radius 2 is 1.92 bits per heavy atom. The molecule has 6 heteroatoms. The Morgan fingerprint density at radius 3 is 2.33 bits per heavy atom. The topological polar surface area (TPSA) is 107 Å². The summed E-state index contributed by atoms with van der Waals surface area (Å²) in [5.74, 6) is -0.889. The molecule has 0 aromatic carbocycles. The molecule has 0 rings (SSSR count). The molecule has 1 atom stereocenters. The Morgan fingerprint density at radius 1 is 1.33 bits per heavy atom. The van der Waals surface area contributed by atoms with Crippen molar-refractivity contribution < 1.29 is 30.0 Å². The quantitative estimate of drug-likeness (QED) is 0.330. The second-order valence-electron chi connectivity index (χ2n) is 2.19. The number of ether oxygens (including phenoxy) is 1. The summed E-state index contributed by atoms with van der Waals surface area (Å²) in [6.45, 7) is -1.17. The van der Waals surface area contributed by atoms with E-state index in [2.05, 4.69) is 4.74 Å². The standard InChI is InChI=1S/C6H12O6/c7-1-4(8)2-12-3-5(9)6(10)11/h4,6-8,10-11H,1-3H2. The summed E-state index contributed by atoms with van der Waals surface area (Å²) in [5.41, 5.74) is 0. The van der Waals surface area contributed by atoms with Gasteiger partial charge in [-0.3, -0.25) is 4.79 Å². The highest BCUT2D eigenvalue weighted by Gasteiger charge is 2.11. The monoisotopic (exact) mass is 180 g/mol. The molecule has 0 aromatic rings. The summed E-state index contributed by atoms with van der Waals surface area (Å²) < 4.78 is 4.53. The average molecular weight is 180 g/mol. The molecule has 0 heterocycles. The van der Waals surface area contributed by atoms with Crippen LogP contribution in [0.3, 0.4) is 0 Å². The van der Waals surface area contributed by atoms with Crippen molar-refractivity contribution in [2.45, 2.75) is 12.4 Å². The fourth-order valence-electron chi connectivity index (χ4n) is 0.423. The van der Waals surface area contributed by atoms with Gasteiger partial charge in [0.15, 0.2) is 0 Å². The van der Waals surface area contributed by atoms with E-state index in [0.29, 0.717) is 0 Å². The average Bonchev–Trinajstić information content (AvgIpc) is 2.03. The molecule has 0 radical (unpaired) electrons. The van der Waals surface area contributed by atoms with Crippen LogP contribution < -0.4 is 0 Å². The van der Waals surface area contributed by atoms with E-state index in [1.165, 1.54) is 0 Å². The van der Waals surface area contributed by atoms with Crippen LogP contribution in [-0.4, -0.2) is 58.4 Å². The third-order valence-electron chi connectivity index (χ3n) is 1.05. The number of aliphatic hydroxyl groups is 4. The molecule has 4 N–H and O–H groups in total. The summed E-state index contributed by atoms with van der Waals surface area (Å²) >= 11 is 0. The minimum Gasteiger partial charge on any atom is -0.394 e.